The van der Waals surface area contributed by atoms with Crippen molar-refractivity contribution in [1.29, 1.82) is 0 Å². The van der Waals surface area contributed by atoms with Crippen molar-refractivity contribution in [2.75, 3.05) is 0 Å². The Hall–Kier alpha value is -18.5. The van der Waals surface area contributed by atoms with E-state index < -0.39 is 6.17 Å². The van der Waals surface area contributed by atoms with Crippen molar-refractivity contribution < 1.29 is 13.3 Å². The summed E-state index contributed by atoms with van der Waals surface area (Å²) in [6.45, 7) is 6.08. The van der Waals surface area contributed by atoms with E-state index in [2.05, 4.69) is 230 Å². The van der Waals surface area contributed by atoms with Gasteiger partial charge in [-0.2, -0.15) is 0 Å². The number of hydrogen-bond donors (Lipinski definition) is 1. The zero-order chi connectivity index (χ0) is 90.5. The minimum absolute atomic E-state index is 0.411. The highest BCUT2D eigenvalue weighted by Crippen LogP contribution is 2.46. The van der Waals surface area contributed by atoms with E-state index in [9.17, 15) is 0 Å². The summed E-state index contributed by atoms with van der Waals surface area (Å²) in [5, 5.41) is 8.66. The predicted octanol–water partition coefficient (Wildman–Crippen LogP) is 30.0. The fraction of sp³-hybridized carbons (Fsp3) is 0.0165. The summed E-state index contributed by atoms with van der Waals surface area (Å²) in [6, 6.07) is 136. The molecule has 1 aliphatic rings. The van der Waals surface area contributed by atoms with E-state index in [0.717, 1.165) is 205 Å². The Morgan fingerprint density at radius 2 is 0.603 bits per heavy atom. The van der Waals surface area contributed by atoms with Crippen LogP contribution in [-0.4, -0.2) is 56.5 Å². The maximum Gasteiger partial charge on any atom is 0.167 e. The zero-order valence-corrected chi connectivity index (χ0v) is 73.4. The summed E-state index contributed by atoms with van der Waals surface area (Å²) in [7, 11) is 0. The van der Waals surface area contributed by atoms with Gasteiger partial charge in [0.25, 0.3) is 0 Å². The molecule has 1 aliphatic heterocycles. The van der Waals surface area contributed by atoms with Gasteiger partial charge in [-0.15, -0.1) is 0 Å². The number of furan rings is 3. The number of aromatic nitrogens is 9. The lowest BCUT2D eigenvalue weighted by atomic mass is 9.86. The Labute approximate surface area is 782 Å². The van der Waals surface area contributed by atoms with Gasteiger partial charge >= 0.3 is 0 Å². The molecule has 0 fully saturated rings. The number of nitrogens with zero attached hydrogens (tertiary/aromatic N) is 11. The van der Waals surface area contributed by atoms with Crippen LogP contribution in [-0.2, 0) is 0 Å². The van der Waals surface area contributed by atoms with Crippen LogP contribution in [0.15, 0.2) is 449 Å². The summed E-state index contributed by atoms with van der Waals surface area (Å²) in [5.74, 6) is 5.00. The number of nitrogens with one attached hydrogen (secondary N) is 1. The van der Waals surface area contributed by atoms with Crippen LogP contribution in [0.1, 0.15) is 41.1 Å². The van der Waals surface area contributed by atoms with Crippen LogP contribution >= 0.6 is 0 Å². The van der Waals surface area contributed by atoms with E-state index in [1.54, 1.807) is 0 Å². The quantitative estimate of drug-likeness (QED) is 0.0758. The topological polar surface area (TPSA) is 192 Å². The van der Waals surface area contributed by atoms with Crippen molar-refractivity contribution >= 4 is 78.7 Å². The molecule has 0 bridgehead atoms. The third kappa shape index (κ3) is 15.2. The summed E-state index contributed by atoms with van der Waals surface area (Å²) >= 11 is 0. The Kier molecular flexibility index (Phi) is 20.7. The van der Waals surface area contributed by atoms with Crippen LogP contribution in [0.2, 0.25) is 0 Å². The summed E-state index contributed by atoms with van der Waals surface area (Å²) in [4.78, 5) is 56.2. The number of aliphatic imine (C=N–C) groups is 2. The molecule has 15 heteroatoms. The molecular formula is C121H78N12O3. The van der Waals surface area contributed by atoms with Crippen LogP contribution in [0.4, 0.5) is 0 Å². The number of benzene rings is 15. The van der Waals surface area contributed by atoms with Crippen molar-refractivity contribution in [2.45, 2.75) is 13.1 Å². The number of amidine groups is 2. The van der Waals surface area contributed by atoms with E-state index in [1.165, 1.54) is 0 Å². The minimum atomic E-state index is -0.411. The number of para-hydroxylation sites is 5. The third-order valence-corrected chi connectivity index (χ3v) is 25.2. The number of pyridine rings is 3. The summed E-state index contributed by atoms with van der Waals surface area (Å²) in [6.07, 6.45) is 10.9. The van der Waals surface area contributed by atoms with Crippen LogP contribution < -0.4 is 5.32 Å². The maximum atomic E-state index is 6.54. The molecule has 1 unspecified atom stereocenters. The molecular weight excluding hydrogens is 1670 g/mol. The standard InChI is InChI=1S/C121H78N12O3/c1-3-27-107-89(4-2)98-42-24-45-101(110(98)134-107)119-128-113(80-28-8-5-9-29-80)125-116(131-119)83-62-65-104(122-71-83)77-56-50-74(51-57-77)90-34-14-17-37-93(90)86-68-87(94-38-18-15-35-91(94)75-52-58-78(59-53-75)105-66-63-84(72-123-105)117-126-114(81-30-10-6-11-31-81)129-120(132-117)102-46-25-43-99-96-40-20-22-48-108(96)135-111(99)102)70-88(69-86)95-39-19-16-36-92(95)76-54-60-79(61-55-76)106-67-64-85(73-124-106)118-127-115(82-32-12-7-13-33-82)130-121(133-118)103-47-26-44-100-97-41-21-23-49-109(97)136-112(100)103/h3-73,114H,2H2,1H3,(H,126,129,132)/b27-3-. The van der Waals surface area contributed by atoms with Gasteiger partial charge in [-0.05, 0) is 170 Å². The van der Waals surface area contributed by atoms with Crippen molar-refractivity contribution in [3.8, 4) is 169 Å². The summed E-state index contributed by atoms with van der Waals surface area (Å²) in [5.41, 5.74) is 30.1. The second-order valence-electron chi connectivity index (χ2n) is 33.5. The normalized spacial score (nSPS) is 12.7. The van der Waals surface area contributed by atoms with Gasteiger partial charge in [0.1, 0.15) is 45.7 Å². The number of rotatable bonds is 20. The molecule has 9 heterocycles. The largest absolute Gasteiger partial charge is 0.455 e. The highest BCUT2D eigenvalue weighted by atomic mass is 16.3. The highest BCUT2D eigenvalue weighted by Gasteiger charge is 2.28. The molecule has 15 nitrogen and oxygen atoms in total. The van der Waals surface area contributed by atoms with E-state index in [-0.39, 0.29) is 0 Å². The highest BCUT2D eigenvalue weighted by molar-refractivity contribution is 6.20. The number of allylic oxidation sites excluding steroid dienone is 1. The molecule has 0 saturated heterocycles. The minimum Gasteiger partial charge on any atom is -0.455 e. The fourth-order valence-corrected chi connectivity index (χ4v) is 18.5. The van der Waals surface area contributed by atoms with Crippen molar-refractivity contribution in [1.82, 2.24) is 50.2 Å². The van der Waals surface area contributed by atoms with Crippen molar-refractivity contribution in [3.63, 3.8) is 0 Å². The summed E-state index contributed by atoms with van der Waals surface area (Å²) < 4.78 is 19.6. The van der Waals surface area contributed by atoms with Crippen LogP contribution in [0.25, 0.3) is 236 Å². The Balaban J connectivity index is 0.561. The molecule has 23 aromatic rings. The Morgan fingerprint density at radius 3 is 1.02 bits per heavy atom. The third-order valence-electron chi connectivity index (χ3n) is 25.2. The second kappa shape index (κ2) is 34.8. The lowest BCUT2D eigenvalue weighted by Gasteiger charge is -2.23. The molecule has 0 spiro atoms. The Bertz CT molecular complexity index is 8660. The molecule has 640 valence electrons. The molecule has 0 amide bonds. The molecule has 136 heavy (non-hydrogen) atoms. The number of hydrogen-bond acceptors (Lipinski definition) is 15. The van der Waals surface area contributed by atoms with Gasteiger partial charge in [0, 0.05) is 95.6 Å². The van der Waals surface area contributed by atoms with Gasteiger partial charge in [-0.25, -0.2) is 39.9 Å². The average Bonchev–Trinajstić information content (AvgIpc) is 1.73. The molecule has 1 atom stereocenters. The Morgan fingerprint density at radius 1 is 0.272 bits per heavy atom. The van der Waals surface area contributed by atoms with Gasteiger partial charge in [0.05, 0.1) is 33.8 Å². The van der Waals surface area contributed by atoms with Crippen molar-refractivity contribution in [3.05, 3.63) is 454 Å². The van der Waals surface area contributed by atoms with Crippen molar-refractivity contribution in [2.24, 2.45) is 9.98 Å². The molecule has 24 rings (SSSR count). The fourth-order valence-electron chi connectivity index (χ4n) is 18.5. The molecule has 15 aromatic carbocycles. The molecule has 1 N–H and O–H groups in total. The molecule has 0 saturated carbocycles. The van der Waals surface area contributed by atoms with Gasteiger partial charge in [-0.1, -0.05) is 328 Å². The first-order valence-corrected chi connectivity index (χ1v) is 45.2. The van der Waals surface area contributed by atoms with Crippen LogP contribution in [0, 0.1) is 0 Å². The van der Waals surface area contributed by atoms with Gasteiger partial charge < -0.3 is 18.6 Å². The van der Waals surface area contributed by atoms with Gasteiger partial charge in [-0.3, -0.25) is 15.0 Å². The first-order chi connectivity index (χ1) is 67.3. The first kappa shape index (κ1) is 80.8. The van der Waals surface area contributed by atoms with Crippen LogP contribution in [0.5, 0.6) is 0 Å². The molecule has 8 aromatic heterocycles. The molecule has 0 aliphatic carbocycles. The smallest absolute Gasteiger partial charge is 0.167 e. The van der Waals surface area contributed by atoms with Gasteiger partial charge in [0.15, 0.2) is 40.8 Å². The monoisotopic (exact) mass is 1750 g/mol. The number of fused-ring (bicyclic) bond motifs is 7. The van der Waals surface area contributed by atoms with E-state index in [0.29, 0.717) is 58.0 Å². The molecule has 0 radical (unpaired) electrons. The first-order valence-electron chi connectivity index (χ1n) is 45.2. The lowest BCUT2D eigenvalue weighted by Crippen LogP contribution is -2.33. The lowest BCUT2D eigenvalue weighted by molar-refractivity contribution is 0.604. The van der Waals surface area contributed by atoms with E-state index in [1.807, 2.05) is 220 Å². The predicted molar refractivity (Wildman–Crippen MR) is 549 cm³/mol. The van der Waals surface area contributed by atoms with Crippen LogP contribution in [0.3, 0.4) is 0 Å². The van der Waals surface area contributed by atoms with Gasteiger partial charge in [0.2, 0.25) is 0 Å². The second-order valence-corrected chi connectivity index (χ2v) is 33.5. The maximum absolute atomic E-state index is 6.54. The van der Waals surface area contributed by atoms with E-state index >= 15 is 0 Å². The average molecular weight is 1750 g/mol. The SMILES string of the molecule is C=Cc1c(/C=C\C)oc2c(-c3nc(-c4ccccc4)nc(-c4ccc(-c5ccc(-c6ccccc6-c6cc(-c7ccccc7-c7ccc(-c8ccc(C9=NC(c%10ccccc%10)NC(c%10cccc%11c%10oc%10ccccc%10%11)=N9)cn8)cc7)cc(-c7ccccc7-c7ccc(-c8ccc(-c9nc(-c%10ccccc%10)nc(-c%10cccc%11c%10oc%10ccccc%10%11)n9)cn8)cc7)c6)cc5)nc4)n3)cccc12. The van der Waals surface area contributed by atoms with E-state index in [4.69, 9.17) is 68.1 Å². The zero-order valence-electron chi connectivity index (χ0n) is 73.4.